The third kappa shape index (κ3) is 7.27. The molecule has 3 aliphatic rings. The highest BCUT2D eigenvalue weighted by Gasteiger charge is 2.50. The molecule has 224 valence electrons. The summed E-state index contributed by atoms with van der Waals surface area (Å²) in [6.07, 6.45) is 13.9. The number of hydrogen-bond acceptors (Lipinski definition) is 2. The van der Waals surface area contributed by atoms with E-state index in [4.69, 9.17) is 8.85 Å². The van der Waals surface area contributed by atoms with Gasteiger partial charge in [0.25, 0.3) is 0 Å². The number of rotatable bonds is 7. The van der Waals surface area contributed by atoms with Gasteiger partial charge < -0.3 is 8.85 Å². The predicted molar refractivity (Wildman–Crippen MR) is 185 cm³/mol. The molecule has 39 heavy (non-hydrogen) atoms. The Morgan fingerprint density at radius 1 is 1.00 bits per heavy atom. The number of fused-ring (bicyclic) bond motifs is 1. The Kier molecular flexibility index (Phi) is 10.5. The molecule has 0 bridgehead atoms. The van der Waals surface area contributed by atoms with Crippen molar-refractivity contribution in [1.29, 1.82) is 0 Å². The second kappa shape index (κ2) is 12.1. The first-order chi connectivity index (χ1) is 17.7. The van der Waals surface area contributed by atoms with Gasteiger partial charge in [-0.15, -0.1) is 0 Å². The van der Waals surface area contributed by atoms with E-state index >= 15 is 0 Å². The molecule has 0 unspecified atom stereocenters. The highest BCUT2D eigenvalue weighted by atomic mass is 127. The molecule has 0 heterocycles. The minimum absolute atomic E-state index is 0.0519. The lowest BCUT2D eigenvalue weighted by atomic mass is 9.61. The zero-order valence-electron chi connectivity index (χ0n) is 27.6. The maximum Gasteiger partial charge on any atom is 0.192 e. The third-order valence-corrected chi connectivity index (χ3v) is 22.1. The molecule has 2 nitrogen and oxygen atoms in total. The van der Waals surface area contributed by atoms with E-state index in [-0.39, 0.29) is 22.3 Å². The summed E-state index contributed by atoms with van der Waals surface area (Å²) in [6, 6.07) is 0. The highest BCUT2D eigenvalue weighted by Crippen LogP contribution is 2.59. The fourth-order valence-corrected chi connectivity index (χ4v) is 10.4. The first kappa shape index (κ1) is 33.8. The molecule has 0 spiro atoms. The summed E-state index contributed by atoms with van der Waals surface area (Å²) in [7, 11) is -3.83. The summed E-state index contributed by atoms with van der Waals surface area (Å²) in [6.45, 7) is 33.4. The van der Waals surface area contributed by atoms with Gasteiger partial charge in [0.05, 0.1) is 12.2 Å². The van der Waals surface area contributed by atoms with Crippen molar-refractivity contribution < 1.29 is 8.85 Å². The van der Waals surface area contributed by atoms with Crippen LogP contribution in [0.2, 0.25) is 36.3 Å². The summed E-state index contributed by atoms with van der Waals surface area (Å²) < 4.78 is 15.4. The second-order valence-electron chi connectivity index (χ2n) is 16.5. The van der Waals surface area contributed by atoms with Crippen LogP contribution in [0, 0.1) is 23.2 Å². The molecule has 0 aromatic rings. The molecule has 0 radical (unpaired) electrons. The van der Waals surface area contributed by atoms with Gasteiger partial charge in [0, 0.05) is 10.8 Å². The molecule has 0 N–H and O–H groups in total. The van der Waals surface area contributed by atoms with Gasteiger partial charge in [0.15, 0.2) is 16.6 Å². The molecule has 6 atom stereocenters. The molecule has 3 saturated carbocycles. The molecule has 0 aliphatic heterocycles. The average Bonchev–Trinajstić information content (AvgIpc) is 3.15. The van der Waals surface area contributed by atoms with Gasteiger partial charge in [0.2, 0.25) is 0 Å². The van der Waals surface area contributed by atoms with E-state index in [2.05, 4.69) is 123 Å². The maximum absolute atomic E-state index is 7.06. The number of allylic oxidation sites excluding steroid dienone is 3. The van der Waals surface area contributed by atoms with Crippen LogP contribution >= 0.6 is 22.6 Å². The molecular weight excluding hydrogens is 623 g/mol. The Morgan fingerprint density at radius 2 is 1.59 bits per heavy atom. The average molecular weight is 685 g/mol. The number of halogens is 1. The van der Waals surface area contributed by atoms with Gasteiger partial charge >= 0.3 is 0 Å². The Hall–Kier alpha value is 0.304. The van der Waals surface area contributed by atoms with Crippen molar-refractivity contribution in [3.63, 3.8) is 0 Å². The first-order valence-corrected chi connectivity index (χ1v) is 23.1. The van der Waals surface area contributed by atoms with E-state index in [0.29, 0.717) is 5.41 Å². The van der Waals surface area contributed by atoms with E-state index in [1.165, 1.54) is 47.7 Å². The smallest absolute Gasteiger partial charge is 0.192 e. The highest BCUT2D eigenvalue weighted by molar-refractivity contribution is 14.1. The van der Waals surface area contributed by atoms with Crippen LogP contribution in [0.5, 0.6) is 0 Å². The molecule has 0 saturated heterocycles. The zero-order valence-corrected chi connectivity index (χ0v) is 31.8. The summed E-state index contributed by atoms with van der Waals surface area (Å²) >= 11 is 2.61. The van der Waals surface area contributed by atoms with Crippen LogP contribution in [0.4, 0.5) is 0 Å². The number of hydrogen-bond donors (Lipinski definition) is 0. The SMILES string of the molecule is C=C1/C(=C/C=C2\CCC[C@]3(C)[C@@H]([C@@H](C)CI)CC[C@@H]23)C[C@@H](O[Si](C)(C)C(C)(C)C)C[C@@H]1O[Si](C)(C)C(C)(C)C. The predicted octanol–water partition coefficient (Wildman–Crippen LogP) is 11.3. The van der Waals surface area contributed by atoms with Gasteiger partial charge in [-0.3, -0.25) is 0 Å². The van der Waals surface area contributed by atoms with Gasteiger partial charge in [0.1, 0.15) is 0 Å². The topological polar surface area (TPSA) is 18.5 Å². The van der Waals surface area contributed by atoms with Crippen molar-refractivity contribution >= 4 is 39.2 Å². The lowest BCUT2D eigenvalue weighted by molar-refractivity contribution is 0.0969. The quantitative estimate of drug-likeness (QED) is 0.151. The van der Waals surface area contributed by atoms with Crippen molar-refractivity contribution in [3.8, 4) is 0 Å². The van der Waals surface area contributed by atoms with E-state index in [1.54, 1.807) is 5.57 Å². The van der Waals surface area contributed by atoms with Crippen molar-refractivity contribution in [2.24, 2.45) is 23.2 Å². The minimum Gasteiger partial charge on any atom is -0.413 e. The van der Waals surface area contributed by atoms with Crippen LogP contribution in [0.25, 0.3) is 0 Å². The van der Waals surface area contributed by atoms with Crippen LogP contribution in [-0.2, 0) is 8.85 Å². The lowest BCUT2D eigenvalue weighted by Crippen LogP contribution is -2.49. The summed E-state index contributed by atoms with van der Waals surface area (Å²) in [5, 5.41) is 0.372. The fraction of sp³-hybridized carbons (Fsp3) is 0.824. The standard InChI is InChI=1S/C34H61IO2Si2/c1-24(23-35)29-18-19-30-26(15-14-20-34(29,30)9)16-17-27-21-28(36-38(10,11)32(3,4)5)22-31(25(27)2)37-39(12,13)33(6,7)8/h16-17,24,28-31H,2,14-15,18-23H2,1,3-13H3/b26-16+,27-17+/t24-,28+,29+,30-,31-,34+/m0/s1. The van der Waals surface area contributed by atoms with Gasteiger partial charge in [-0.2, -0.15) is 0 Å². The van der Waals surface area contributed by atoms with Crippen molar-refractivity contribution in [3.05, 3.63) is 35.5 Å². The Bertz CT molecular complexity index is 951. The Morgan fingerprint density at radius 3 is 2.15 bits per heavy atom. The molecule has 5 heteroatoms. The van der Waals surface area contributed by atoms with E-state index < -0.39 is 16.6 Å². The fourth-order valence-electron chi connectivity index (χ4n) is 7.09. The number of alkyl halides is 1. The zero-order chi connectivity index (χ0) is 29.6. The normalized spacial score (nSPS) is 34.0. The minimum atomic E-state index is -1.94. The Labute approximate surface area is 258 Å². The van der Waals surface area contributed by atoms with Crippen LogP contribution < -0.4 is 0 Å². The Balaban J connectivity index is 1.93. The van der Waals surface area contributed by atoms with Gasteiger partial charge in [-0.1, -0.05) is 102 Å². The summed E-state index contributed by atoms with van der Waals surface area (Å²) in [4.78, 5) is 0. The monoisotopic (exact) mass is 684 g/mol. The van der Waals surface area contributed by atoms with Gasteiger partial charge in [-0.25, -0.2) is 0 Å². The molecule has 3 aliphatic carbocycles. The summed E-state index contributed by atoms with van der Waals surface area (Å²) in [5.41, 5.74) is 4.73. The molecular formula is C34H61IO2Si2. The van der Waals surface area contributed by atoms with Crippen molar-refractivity contribution in [2.75, 3.05) is 4.43 Å². The lowest BCUT2D eigenvalue weighted by Gasteiger charge is -2.45. The maximum atomic E-state index is 7.06. The molecule has 3 rings (SSSR count). The third-order valence-electron chi connectivity index (χ3n) is 11.7. The van der Waals surface area contributed by atoms with Crippen LogP contribution in [0.3, 0.4) is 0 Å². The molecule has 0 aromatic carbocycles. The molecule has 0 aromatic heterocycles. The van der Waals surface area contributed by atoms with Crippen LogP contribution in [-0.4, -0.2) is 33.3 Å². The van der Waals surface area contributed by atoms with Crippen LogP contribution in [0.1, 0.15) is 100 Å². The van der Waals surface area contributed by atoms with E-state index in [1.807, 2.05) is 0 Å². The largest absolute Gasteiger partial charge is 0.413 e. The molecule has 3 fully saturated rings. The second-order valence-corrected chi connectivity index (χ2v) is 26.9. The van der Waals surface area contributed by atoms with Crippen LogP contribution in [0.15, 0.2) is 35.5 Å². The summed E-state index contributed by atoms with van der Waals surface area (Å²) in [5.74, 6) is 2.43. The molecule has 0 amide bonds. The first-order valence-electron chi connectivity index (χ1n) is 15.7. The van der Waals surface area contributed by atoms with Crippen molar-refractivity contribution in [2.45, 2.75) is 149 Å². The van der Waals surface area contributed by atoms with E-state index in [0.717, 1.165) is 30.6 Å². The van der Waals surface area contributed by atoms with Crippen molar-refractivity contribution in [1.82, 2.24) is 0 Å². The van der Waals surface area contributed by atoms with E-state index in [9.17, 15) is 0 Å². The van der Waals surface area contributed by atoms with Gasteiger partial charge in [-0.05, 0) is 109 Å².